The van der Waals surface area contributed by atoms with Gasteiger partial charge >= 0.3 is 11.9 Å². The Morgan fingerprint density at radius 2 is 2.31 bits per heavy atom. The Morgan fingerprint density at radius 1 is 1.69 bits per heavy atom. The van der Waals surface area contributed by atoms with Crippen LogP contribution in [-0.4, -0.2) is 42.1 Å². The van der Waals surface area contributed by atoms with Crippen LogP contribution in [-0.2, 0) is 14.3 Å². The van der Waals surface area contributed by atoms with Crippen molar-refractivity contribution in [3.8, 4) is 0 Å². The number of hydrogen-bond donors (Lipinski definition) is 2. The molecule has 0 aromatic carbocycles. The van der Waals surface area contributed by atoms with Crippen LogP contribution < -0.4 is 5.32 Å². The van der Waals surface area contributed by atoms with Crippen LogP contribution in [0.4, 0.5) is 0 Å². The Kier molecular flexibility index (Phi) is 2.22. The molecule has 72 valence electrons. The van der Waals surface area contributed by atoms with E-state index in [1.165, 1.54) is 20.4 Å². The molecule has 1 aliphatic heterocycles. The molecule has 13 heavy (non-hydrogen) atoms. The Labute approximate surface area is 74.6 Å². The molecular formula is C7H10N2O4. The number of carbonyl (C=O) groups excluding carboxylic acids is 1. The smallest absolute Gasteiger partial charge is 0.334 e. The number of methoxy groups -OCH3 is 1. The number of carboxylic acid groups (broad SMARTS) is 1. The number of hydrogen-bond acceptors (Lipinski definition) is 5. The third-order valence-electron chi connectivity index (χ3n) is 1.98. The fraction of sp³-hybridized carbons (Fsp3) is 0.571. The second-order valence-corrected chi connectivity index (χ2v) is 2.86. The zero-order valence-electron chi connectivity index (χ0n) is 7.27. The second-order valence-electron chi connectivity index (χ2n) is 2.86. The number of aliphatic carboxylic acids is 1. The summed E-state index contributed by atoms with van der Waals surface area (Å²) in [6.07, 6.45) is 1.20. The van der Waals surface area contributed by atoms with E-state index in [4.69, 9.17) is 5.11 Å². The van der Waals surface area contributed by atoms with E-state index >= 15 is 0 Å². The number of ether oxygens (including phenoxy) is 1. The van der Waals surface area contributed by atoms with Crippen molar-refractivity contribution in [2.24, 2.45) is 4.99 Å². The van der Waals surface area contributed by atoms with Gasteiger partial charge < -0.3 is 15.2 Å². The maximum Gasteiger partial charge on any atom is 0.334 e. The van der Waals surface area contributed by atoms with Crippen molar-refractivity contribution in [2.45, 2.75) is 18.5 Å². The zero-order valence-corrected chi connectivity index (χ0v) is 7.27. The molecule has 2 unspecified atom stereocenters. The first-order chi connectivity index (χ1) is 6.02. The number of esters is 1. The molecule has 0 bridgehead atoms. The van der Waals surface area contributed by atoms with Crippen LogP contribution in [0.2, 0.25) is 0 Å². The molecule has 1 heterocycles. The fourth-order valence-electron chi connectivity index (χ4n) is 1.17. The van der Waals surface area contributed by atoms with Crippen LogP contribution in [0.5, 0.6) is 0 Å². The highest BCUT2D eigenvalue weighted by Crippen LogP contribution is 2.19. The fourth-order valence-corrected chi connectivity index (χ4v) is 1.17. The van der Waals surface area contributed by atoms with Gasteiger partial charge in [-0.15, -0.1) is 0 Å². The molecule has 2 N–H and O–H groups in total. The number of rotatable bonds is 2. The van der Waals surface area contributed by atoms with Gasteiger partial charge in [0.2, 0.25) is 0 Å². The molecule has 0 aromatic heterocycles. The van der Waals surface area contributed by atoms with E-state index in [0.29, 0.717) is 0 Å². The van der Waals surface area contributed by atoms with Gasteiger partial charge in [0.05, 0.1) is 13.4 Å². The molecule has 0 spiro atoms. The number of nitrogens with zero attached hydrogens (tertiary/aromatic N) is 1. The quantitative estimate of drug-likeness (QED) is 0.540. The first kappa shape index (κ1) is 9.50. The minimum absolute atomic E-state index is 0.641. The third-order valence-corrected chi connectivity index (χ3v) is 1.98. The van der Waals surface area contributed by atoms with Crippen LogP contribution in [0.15, 0.2) is 4.99 Å². The molecule has 6 nitrogen and oxygen atoms in total. The molecule has 0 radical (unpaired) electrons. The predicted octanol–water partition coefficient (Wildman–Crippen LogP) is -0.997. The molecule has 0 aliphatic carbocycles. The molecule has 0 amide bonds. The highest BCUT2D eigenvalue weighted by molar-refractivity contribution is 5.94. The van der Waals surface area contributed by atoms with Crippen molar-refractivity contribution in [3.63, 3.8) is 0 Å². The SMILES string of the molecule is COC(=O)C1(C)NC=NC1C(=O)O. The number of carbonyl (C=O) groups is 2. The average molecular weight is 186 g/mol. The van der Waals surface area contributed by atoms with Gasteiger partial charge in [-0.1, -0.05) is 0 Å². The van der Waals surface area contributed by atoms with E-state index in [2.05, 4.69) is 15.0 Å². The van der Waals surface area contributed by atoms with Crippen molar-refractivity contribution < 1.29 is 19.4 Å². The van der Waals surface area contributed by atoms with Gasteiger partial charge in [-0.25, -0.2) is 9.59 Å². The molecule has 2 atom stereocenters. The molecule has 0 fully saturated rings. The summed E-state index contributed by atoms with van der Waals surface area (Å²) in [6.45, 7) is 1.44. The molecule has 6 heteroatoms. The molecule has 0 aromatic rings. The van der Waals surface area contributed by atoms with E-state index in [1.54, 1.807) is 0 Å². The Bertz CT molecular complexity index is 276. The van der Waals surface area contributed by atoms with Gasteiger partial charge in [0.15, 0.2) is 11.6 Å². The van der Waals surface area contributed by atoms with Crippen molar-refractivity contribution in [1.82, 2.24) is 5.32 Å². The largest absolute Gasteiger partial charge is 0.480 e. The lowest BCUT2D eigenvalue weighted by Crippen LogP contribution is -2.56. The van der Waals surface area contributed by atoms with Gasteiger partial charge in [-0.2, -0.15) is 0 Å². The Hall–Kier alpha value is -1.59. The predicted molar refractivity (Wildman–Crippen MR) is 43.5 cm³/mol. The lowest BCUT2D eigenvalue weighted by atomic mass is 9.94. The van der Waals surface area contributed by atoms with E-state index in [9.17, 15) is 9.59 Å². The zero-order chi connectivity index (χ0) is 10.1. The minimum atomic E-state index is -1.29. The van der Waals surface area contributed by atoms with E-state index < -0.39 is 23.5 Å². The van der Waals surface area contributed by atoms with Gasteiger partial charge in [-0.05, 0) is 6.92 Å². The Morgan fingerprint density at radius 3 is 2.77 bits per heavy atom. The average Bonchev–Trinajstić information content (AvgIpc) is 2.47. The third kappa shape index (κ3) is 1.34. The molecule has 0 saturated carbocycles. The van der Waals surface area contributed by atoms with Crippen LogP contribution in [0.25, 0.3) is 0 Å². The highest BCUT2D eigenvalue weighted by atomic mass is 16.5. The van der Waals surface area contributed by atoms with E-state index in [-0.39, 0.29) is 0 Å². The lowest BCUT2D eigenvalue weighted by Gasteiger charge is -2.24. The first-order valence-corrected chi connectivity index (χ1v) is 3.63. The van der Waals surface area contributed by atoms with E-state index in [0.717, 1.165) is 0 Å². The standard InChI is InChI=1S/C7H10N2O4/c1-7(6(12)13-2)4(5(10)11)8-3-9-7/h3-4H,1-2H3,(H,8,9)(H,10,11). The normalized spacial score (nSPS) is 31.1. The molecule has 0 saturated heterocycles. The lowest BCUT2D eigenvalue weighted by molar-refractivity contribution is -0.153. The summed E-state index contributed by atoms with van der Waals surface area (Å²) in [5, 5.41) is 11.3. The van der Waals surface area contributed by atoms with Gasteiger partial charge in [0, 0.05) is 0 Å². The summed E-state index contributed by atoms with van der Waals surface area (Å²) in [5.41, 5.74) is -1.29. The van der Waals surface area contributed by atoms with Crippen LogP contribution in [0.1, 0.15) is 6.92 Å². The monoisotopic (exact) mass is 186 g/mol. The maximum absolute atomic E-state index is 11.2. The molecular weight excluding hydrogens is 176 g/mol. The van der Waals surface area contributed by atoms with Crippen LogP contribution >= 0.6 is 0 Å². The maximum atomic E-state index is 11.2. The summed E-state index contributed by atoms with van der Waals surface area (Å²) >= 11 is 0. The number of aliphatic imine (C=N–C) groups is 1. The van der Waals surface area contributed by atoms with Crippen molar-refractivity contribution in [3.05, 3.63) is 0 Å². The van der Waals surface area contributed by atoms with Crippen LogP contribution in [0, 0.1) is 0 Å². The number of carboxylic acids is 1. The highest BCUT2D eigenvalue weighted by Gasteiger charge is 2.49. The van der Waals surface area contributed by atoms with Crippen molar-refractivity contribution in [2.75, 3.05) is 7.11 Å². The summed E-state index contributed by atoms with van der Waals surface area (Å²) < 4.78 is 4.47. The molecule has 1 rings (SSSR count). The first-order valence-electron chi connectivity index (χ1n) is 3.63. The van der Waals surface area contributed by atoms with Gasteiger partial charge in [0.1, 0.15) is 0 Å². The summed E-state index contributed by atoms with van der Waals surface area (Å²) in [7, 11) is 1.20. The second kappa shape index (κ2) is 3.04. The van der Waals surface area contributed by atoms with Gasteiger partial charge in [-0.3, -0.25) is 4.99 Å². The minimum Gasteiger partial charge on any atom is -0.480 e. The van der Waals surface area contributed by atoms with Gasteiger partial charge in [0.25, 0.3) is 0 Å². The van der Waals surface area contributed by atoms with E-state index in [1.807, 2.05) is 0 Å². The summed E-state index contributed by atoms with van der Waals surface area (Å²) in [5.74, 6) is -1.80. The van der Waals surface area contributed by atoms with Crippen LogP contribution in [0.3, 0.4) is 0 Å². The number of nitrogens with one attached hydrogen (secondary N) is 1. The van der Waals surface area contributed by atoms with Crippen molar-refractivity contribution >= 4 is 18.3 Å². The summed E-state index contributed by atoms with van der Waals surface area (Å²) in [6, 6.07) is -1.13. The molecule has 1 aliphatic rings. The van der Waals surface area contributed by atoms with Crippen molar-refractivity contribution in [1.29, 1.82) is 0 Å². The summed E-state index contributed by atoms with van der Waals surface area (Å²) in [4.78, 5) is 25.5. The topological polar surface area (TPSA) is 88.0 Å². The Balaban J connectivity index is 2.91.